The van der Waals surface area contributed by atoms with Gasteiger partial charge in [-0.05, 0) is 18.3 Å². The van der Waals surface area contributed by atoms with E-state index in [1.165, 1.54) is 6.42 Å². The molecule has 0 saturated heterocycles. The van der Waals surface area contributed by atoms with Gasteiger partial charge in [0.25, 0.3) is 0 Å². The molecule has 6 heteroatoms. The fourth-order valence-corrected chi connectivity index (χ4v) is 1.15. The second-order valence-corrected chi connectivity index (χ2v) is 6.21. The van der Waals surface area contributed by atoms with Crippen molar-refractivity contribution < 1.29 is 14.9 Å². The molecule has 0 fully saturated rings. The Labute approximate surface area is 124 Å². The van der Waals surface area contributed by atoms with Crippen LogP contribution in [0, 0.1) is 5.41 Å². The lowest BCUT2D eigenvalue weighted by Gasteiger charge is -2.17. The van der Waals surface area contributed by atoms with Gasteiger partial charge in [-0.1, -0.05) is 68.4 Å². The van der Waals surface area contributed by atoms with Gasteiger partial charge in [0.15, 0.2) is 0 Å². The topological polar surface area (TPSA) is 46.5 Å². The first-order valence-corrected chi connectivity index (χ1v) is 6.88. The molecular weight excluding hydrogens is 298 g/mol. The minimum atomic E-state index is -0.532. The smallest absolute Gasteiger partial charge is 0.301 e. The molecule has 108 valence electrons. The van der Waals surface area contributed by atoms with Crippen LogP contribution >= 0.6 is 34.8 Å². The van der Waals surface area contributed by atoms with Crippen LogP contribution in [0.4, 0.5) is 0 Å². The monoisotopic (exact) mass is 318 g/mol. The van der Waals surface area contributed by atoms with E-state index in [9.17, 15) is 4.79 Å². The average molecular weight is 320 g/mol. The highest BCUT2D eigenvalue weighted by Crippen LogP contribution is 2.22. The summed E-state index contributed by atoms with van der Waals surface area (Å²) >= 11 is 14.8. The van der Waals surface area contributed by atoms with Crippen molar-refractivity contribution in [1.82, 2.24) is 0 Å². The third kappa shape index (κ3) is 21.3. The number of hydrogen-bond acceptors (Lipinski definition) is 3. The van der Waals surface area contributed by atoms with Crippen LogP contribution in [0.5, 0.6) is 0 Å². The van der Waals surface area contributed by atoms with Crippen LogP contribution in [0.25, 0.3) is 0 Å². The molecule has 0 heterocycles. The van der Waals surface area contributed by atoms with Crippen molar-refractivity contribution in [3.8, 4) is 0 Å². The Morgan fingerprint density at radius 2 is 1.72 bits per heavy atom. The van der Waals surface area contributed by atoms with Crippen LogP contribution in [-0.4, -0.2) is 11.2 Å². The van der Waals surface area contributed by atoms with Crippen molar-refractivity contribution >= 4 is 40.8 Å². The van der Waals surface area contributed by atoms with Gasteiger partial charge in [-0.2, -0.15) is 5.26 Å². The average Bonchev–Trinajstić information content (AvgIpc) is 2.27. The Balaban J connectivity index is 0. The van der Waals surface area contributed by atoms with Crippen LogP contribution in [0.15, 0.2) is 10.0 Å². The number of rotatable bonds is 5. The minimum Gasteiger partial charge on any atom is -0.301 e. The maximum absolute atomic E-state index is 10.5. The van der Waals surface area contributed by atoms with Gasteiger partial charge in [-0.25, -0.2) is 4.79 Å². The van der Waals surface area contributed by atoms with Crippen molar-refractivity contribution in [2.75, 3.05) is 0 Å². The number of hydrogen-bond donors (Lipinski definition) is 1. The van der Waals surface area contributed by atoms with Gasteiger partial charge < -0.3 is 4.89 Å². The van der Waals surface area contributed by atoms with Gasteiger partial charge >= 0.3 is 5.97 Å². The third-order valence-corrected chi connectivity index (χ3v) is 2.65. The summed E-state index contributed by atoms with van der Waals surface area (Å²) in [6, 6.07) is 0. The van der Waals surface area contributed by atoms with Crippen molar-refractivity contribution in [3.05, 3.63) is 10.0 Å². The predicted molar refractivity (Wildman–Crippen MR) is 76.9 cm³/mol. The lowest BCUT2D eigenvalue weighted by atomic mass is 9.89. The van der Waals surface area contributed by atoms with Gasteiger partial charge in [-0.3, -0.25) is 0 Å². The van der Waals surface area contributed by atoms with Crippen LogP contribution in [-0.2, 0) is 9.68 Å². The molecule has 3 nitrogen and oxygen atoms in total. The second kappa shape index (κ2) is 12.1. The van der Waals surface area contributed by atoms with E-state index in [-0.39, 0.29) is 4.49 Å². The highest BCUT2D eigenvalue weighted by molar-refractivity contribution is 6.58. The zero-order valence-electron chi connectivity index (χ0n) is 11.0. The van der Waals surface area contributed by atoms with E-state index >= 15 is 0 Å². The zero-order valence-corrected chi connectivity index (χ0v) is 13.3. The van der Waals surface area contributed by atoms with Gasteiger partial charge in [0.05, 0.1) is 0 Å². The molecule has 0 aliphatic heterocycles. The van der Waals surface area contributed by atoms with Gasteiger partial charge in [-0.15, -0.1) is 0 Å². The summed E-state index contributed by atoms with van der Waals surface area (Å²) < 4.78 is 0.0895. The van der Waals surface area contributed by atoms with Crippen LogP contribution < -0.4 is 0 Å². The highest BCUT2D eigenvalue weighted by atomic mass is 35.5. The summed E-state index contributed by atoms with van der Waals surface area (Å²) in [5.74, 6) is -0.532. The van der Waals surface area contributed by atoms with Crippen molar-refractivity contribution in [1.29, 1.82) is 0 Å². The Bertz CT molecular complexity index is 243. The maximum Gasteiger partial charge on any atom is 0.342 e. The molecule has 0 amide bonds. The summed E-state index contributed by atoms with van der Waals surface area (Å²) in [7, 11) is 0. The normalized spacial score (nSPS) is 10.2. The van der Waals surface area contributed by atoms with E-state index in [2.05, 4.69) is 25.7 Å². The molecule has 0 radical (unpaired) electrons. The summed E-state index contributed by atoms with van der Waals surface area (Å²) in [5.41, 5.74) is 1.46. The molecule has 0 spiro atoms. The first-order chi connectivity index (χ1) is 8.22. The summed E-state index contributed by atoms with van der Waals surface area (Å²) in [4.78, 5) is 14.1. The van der Waals surface area contributed by atoms with Crippen molar-refractivity contribution in [2.45, 2.75) is 52.9 Å². The maximum atomic E-state index is 10.5. The molecule has 0 rings (SSSR count). The molecule has 0 aromatic carbocycles. The second-order valence-electron chi connectivity index (χ2n) is 4.98. The predicted octanol–water partition coefficient (Wildman–Crippen LogP) is 5.50. The van der Waals surface area contributed by atoms with Crippen LogP contribution in [0.2, 0.25) is 0 Å². The van der Waals surface area contributed by atoms with E-state index in [1.54, 1.807) is 0 Å². The quantitative estimate of drug-likeness (QED) is 0.413. The fourth-order valence-electron chi connectivity index (χ4n) is 1.15. The summed E-state index contributed by atoms with van der Waals surface area (Å²) in [6.45, 7) is 6.61. The number of unbranched alkanes of at least 4 members (excludes halogenated alkanes) is 2. The molecule has 0 bridgehead atoms. The van der Waals surface area contributed by atoms with Crippen LogP contribution in [0.3, 0.4) is 0 Å². The Morgan fingerprint density at radius 3 is 2.06 bits per heavy atom. The van der Waals surface area contributed by atoms with Gasteiger partial charge in [0, 0.05) is 12.0 Å². The van der Waals surface area contributed by atoms with Crippen molar-refractivity contribution in [2.24, 2.45) is 5.41 Å². The molecule has 0 aromatic heterocycles. The SMILES string of the molecule is CC(C)(C)CCCCCC(=O)OO.ClC=C(Cl)Cl. The molecular formula is C12H21Cl3O3. The van der Waals surface area contributed by atoms with E-state index in [0.29, 0.717) is 11.8 Å². The van der Waals surface area contributed by atoms with Gasteiger partial charge in [0.1, 0.15) is 4.49 Å². The standard InChI is InChI=1S/C10H20O3.C2HCl3/c1-10(2,3)8-6-4-5-7-9(11)13-12;3-1-2(4)5/h12H,4-8H2,1-3H3;1H. The molecule has 1 N–H and O–H groups in total. The summed E-state index contributed by atoms with van der Waals surface area (Å²) in [6.07, 6.45) is 4.44. The van der Waals surface area contributed by atoms with E-state index in [0.717, 1.165) is 24.8 Å². The number of carbonyl (C=O) groups is 1. The molecule has 0 aliphatic carbocycles. The lowest BCUT2D eigenvalue weighted by molar-refractivity contribution is -0.234. The number of carbonyl (C=O) groups excluding carboxylic acids is 1. The molecule has 0 atom stereocenters. The Hall–Kier alpha value is 0.0400. The Morgan fingerprint density at radius 1 is 1.22 bits per heavy atom. The van der Waals surface area contributed by atoms with Crippen molar-refractivity contribution in [3.63, 3.8) is 0 Å². The van der Waals surface area contributed by atoms with E-state index < -0.39 is 5.97 Å². The summed E-state index contributed by atoms with van der Waals surface area (Å²) in [5, 5.41) is 7.97. The van der Waals surface area contributed by atoms with Gasteiger partial charge in [0.2, 0.25) is 0 Å². The fraction of sp³-hybridized carbons (Fsp3) is 0.750. The molecule has 0 aliphatic rings. The van der Waals surface area contributed by atoms with E-state index in [4.69, 9.17) is 40.1 Å². The third-order valence-electron chi connectivity index (χ3n) is 1.99. The molecule has 18 heavy (non-hydrogen) atoms. The Kier molecular flexibility index (Phi) is 13.7. The molecule has 0 unspecified atom stereocenters. The molecule has 0 saturated carbocycles. The first-order valence-electron chi connectivity index (χ1n) is 5.68. The molecule has 0 aromatic rings. The van der Waals surface area contributed by atoms with E-state index in [1.807, 2.05) is 0 Å². The number of halogens is 3. The largest absolute Gasteiger partial charge is 0.342 e. The lowest BCUT2D eigenvalue weighted by Crippen LogP contribution is -2.04. The first kappa shape index (κ1) is 20.4. The highest BCUT2D eigenvalue weighted by Gasteiger charge is 2.09. The zero-order chi connectivity index (χ0) is 14.6. The minimum absolute atomic E-state index is 0.0895. The van der Waals surface area contributed by atoms with Crippen LogP contribution in [0.1, 0.15) is 52.9 Å².